The van der Waals surface area contributed by atoms with Gasteiger partial charge in [0, 0.05) is 12.2 Å². The Labute approximate surface area is 119 Å². The molecular weight excluding hydrogens is 251 g/mol. The first kappa shape index (κ1) is 13.1. The Morgan fingerprint density at radius 3 is 2.95 bits per heavy atom. The van der Waals surface area contributed by atoms with Crippen LogP contribution in [0.5, 0.6) is 0 Å². The number of hydrogen-bond acceptors (Lipinski definition) is 2. The summed E-state index contributed by atoms with van der Waals surface area (Å²) in [4.78, 5) is 4.65. The van der Waals surface area contributed by atoms with E-state index in [4.69, 9.17) is 0 Å². The van der Waals surface area contributed by atoms with Crippen LogP contribution in [0.15, 0.2) is 30.3 Å². The lowest BCUT2D eigenvalue weighted by molar-refractivity contribution is 0.625. The molecule has 0 radical (unpaired) electrons. The Hall–Kier alpha value is -1.90. The Kier molecular flexibility index (Phi) is 3.68. The van der Waals surface area contributed by atoms with Gasteiger partial charge in [-0.1, -0.05) is 12.1 Å². The molecule has 0 saturated heterocycles. The molecule has 1 N–H and O–H groups in total. The topological polar surface area (TPSA) is 24.9 Å². The van der Waals surface area contributed by atoms with Crippen LogP contribution >= 0.6 is 0 Å². The molecule has 3 rings (SSSR count). The van der Waals surface area contributed by atoms with E-state index < -0.39 is 0 Å². The van der Waals surface area contributed by atoms with Gasteiger partial charge in [0.05, 0.1) is 0 Å². The first-order valence-electron chi connectivity index (χ1n) is 7.20. The summed E-state index contributed by atoms with van der Waals surface area (Å²) in [5.74, 6) is 0.782. The normalized spacial score (nSPS) is 13.3. The van der Waals surface area contributed by atoms with E-state index in [-0.39, 0.29) is 5.82 Å². The standard InChI is InChI=1S/C17H19FN2/c1-12-11-15(18)7-5-13(12)9-10-19-17-8-6-14-3-2-4-16(14)20-17/h5-8,11H,2-4,9-10H2,1H3,(H,19,20). The van der Waals surface area contributed by atoms with E-state index in [1.54, 1.807) is 6.07 Å². The average Bonchev–Trinajstić information content (AvgIpc) is 2.89. The van der Waals surface area contributed by atoms with Gasteiger partial charge in [-0.15, -0.1) is 0 Å². The van der Waals surface area contributed by atoms with Crippen molar-refractivity contribution in [1.29, 1.82) is 0 Å². The van der Waals surface area contributed by atoms with Crippen LogP contribution in [0.3, 0.4) is 0 Å². The van der Waals surface area contributed by atoms with Crippen LogP contribution in [-0.4, -0.2) is 11.5 Å². The van der Waals surface area contributed by atoms with Crippen LogP contribution in [-0.2, 0) is 19.3 Å². The molecule has 1 aromatic carbocycles. The van der Waals surface area contributed by atoms with Crippen LogP contribution in [0.4, 0.5) is 10.2 Å². The first-order valence-corrected chi connectivity index (χ1v) is 7.20. The van der Waals surface area contributed by atoms with Crippen molar-refractivity contribution < 1.29 is 4.39 Å². The van der Waals surface area contributed by atoms with Gasteiger partial charge in [0.1, 0.15) is 11.6 Å². The van der Waals surface area contributed by atoms with E-state index >= 15 is 0 Å². The summed E-state index contributed by atoms with van der Waals surface area (Å²) in [5, 5.41) is 3.36. The number of aryl methyl sites for hydroxylation is 3. The predicted molar refractivity (Wildman–Crippen MR) is 79.6 cm³/mol. The monoisotopic (exact) mass is 270 g/mol. The average molecular weight is 270 g/mol. The van der Waals surface area contributed by atoms with Gasteiger partial charge in [-0.25, -0.2) is 9.37 Å². The Morgan fingerprint density at radius 1 is 1.20 bits per heavy atom. The fourth-order valence-electron chi connectivity index (χ4n) is 2.78. The van der Waals surface area contributed by atoms with E-state index in [1.807, 2.05) is 13.0 Å². The molecule has 1 aliphatic carbocycles. The Bertz CT molecular complexity index is 622. The smallest absolute Gasteiger partial charge is 0.126 e. The van der Waals surface area contributed by atoms with Crippen molar-refractivity contribution in [2.45, 2.75) is 32.6 Å². The summed E-state index contributed by atoms with van der Waals surface area (Å²) in [7, 11) is 0. The summed E-state index contributed by atoms with van der Waals surface area (Å²) in [6.45, 7) is 2.77. The molecule has 0 bridgehead atoms. The molecule has 2 nitrogen and oxygen atoms in total. The minimum Gasteiger partial charge on any atom is -0.370 e. The van der Waals surface area contributed by atoms with Gasteiger partial charge in [-0.2, -0.15) is 0 Å². The summed E-state index contributed by atoms with van der Waals surface area (Å²) in [6.07, 6.45) is 4.37. The summed E-state index contributed by atoms with van der Waals surface area (Å²) < 4.78 is 13.0. The van der Waals surface area contributed by atoms with Gasteiger partial charge < -0.3 is 5.32 Å². The number of fused-ring (bicyclic) bond motifs is 1. The summed E-state index contributed by atoms with van der Waals surface area (Å²) >= 11 is 0. The third-order valence-corrected chi connectivity index (χ3v) is 3.93. The Balaban J connectivity index is 1.60. The van der Waals surface area contributed by atoms with Crippen molar-refractivity contribution in [1.82, 2.24) is 4.98 Å². The van der Waals surface area contributed by atoms with Crippen molar-refractivity contribution in [3.63, 3.8) is 0 Å². The lowest BCUT2D eigenvalue weighted by atomic mass is 10.1. The van der Waals surface area contributed by atoms with Gasteiger partial charge in [-0.3, -0.25) is 0 Å². The lowest BCUT2D eigenvalue weighted by Crippen LogP contribution is -2.08. The summed E-state index contributed by atoms with van der Waals surface area (Å²) in [6, 6.07) is 9.21. The van der Waals surface area contributed by atoms with Crippen molar-refractivity contribution in [3.05, 3.63) is 58.5 Å². The van der Waals surface area contributed by atoms with E-state index in [1.165, 1.54) is 29.3 Å². The van der Waals surface area contributed by atoms with Crippen molar-refractivity contribution in [2.24, 2.45) is 0 Å². The maximum Gasteiger partial charge on any atom is 0.126 e. The number of nitrogens with zero attached hydrogens (tertiary/aromatic N) is 1. The largest absolute Gasteiger partial charge is 0.370 e. The zero-order valence-corrected chi connectivity index (χ0v) is 11.7. The molecule has 1 aromatic heterocycles. The lowest BCUT2D eigenvalue weighted by Gasteiger charge is -2.09. The molecule has 0 atom stereocenters. The number of benzene rings is 1. The highest BCUT2D eigenvalue weighted by molar-refractivity contribution is 5.40. The van der Waals surface area contributed by atoms with Crippen LogP contribution in [0, 0.1) is 12.7 Å². The third kappa shape index (κ3) is 2.82. The predicted octanol–water partition coefficient (Wildman–Crippen LogP) is 3.67. The SMILES string of the molecule is Cc1cc(F)ccc1CCNc1ccc2c(n1)CCC2. The number of nitrogens with one attached hydrogen (secondary N) is 1. The minimum atomic E-state index is -0.167. The van der Waals surface area contributed by atoms with Crippen LogP contribution in [0.25, 0.3) is 0 Å². The molecule has 0 aliphatic heterocycles. The van der Waals surface area contributed by atoms with Gasteiger partial charge in [0.2, 0.25) is 0 Å². The number of hydrogen-bond donors (Lipinski definition) is 1. The first-order chi connectivity index (χ1) is 9.72. The number of aromatic nitrogens is 1. The third-order valence-electron chi connectivity index (χ3n) is 3.93. The van der Waals surface area contributed by atoms with Crippen LogP contribution < -0.4 is 5.32 Å². The zero-order chi connectivity index (χ0) is 13.9. The molecule has 1 heterocycles. The number of anilines is 1. The van der Waals surface area contributed by atoms with Crippen molar-refractivity contribution in [3.8, 4) is 0 Å². The quantitative estimate of drug-likeness (QED) is 0.917. The molecule has 0 fully saturated rings. The maximum absolute atomic E-state index is 13.0. The number of pyridine rings is 1. The molecule has 0 unspecified atom stereocenters. The molecular formula is C17H19FN2. The van der Waals surface area contributed by atoms with E-state index in [9.17, 15) is 4.39 Å². The van der Waals surface area contributed by atoms with Crippen LogP contribution in [0.1, 0.15) is 28.8 Å². The van der Waals surface area contributed by atoms with Crippen molar-refractivity contribution >= 4 is 5.82 Å². The molecule has 20 heavy (non-hydrogen) atoms. The molecule has 0 spiro atoms. The highest BCUT2D eigenvalue weighted by Crippen LogP contribution is 2.21. The van der Waals surface area contributed by atoms with Gasteiger partial charge >= 0.3 is 0 Å². The van der Waals surface area contributed by atoms with E-state index in [0.717, 1.165) is 37.2 Å². The number of rotatable bonds is 4. The van der Waals surface area contributed by atoms with Gasteiger partial charge in [-0.05, 0) is 67.5 Å². The second-order valence-corrected chi connectivity index (χ2v) is 5.40. The molecule has 104 valence electrons. The maximum atomic E-state index is 13.0. The Morgan fingerprint density at radius 2 is 2.10 bits per heavy atom. The fourth-order valence-corrected chi connectivity index (χ4v) is 2.78. The minimum absolute atomic E-state index is 0.167. The highest BCUT2D eigenvalue weighted by atomic mass is 19.1. The van der Waals surface area contributed by atoms with Gasteiger partial charge in [0.25, 0.3) is 0 Å². The second kappa shape index (κ2) is 5.61. The molecule has 0 amide bonds. The molecule has 3 heteroatoms. The zero-order valence-electron chi connectivity index (χ0n) is 11.7. The highest BCUT2D eigenvalue weighted by Gasteiger charge is 2.12. The van der Waals surface area contributed by atoms with E-state index in [0.29, 0.717) is 0 Å². The molecule has 1 aliphatic rings. The second-order valence-electron chi connectivity index (χ2n) is 5.40. The van der Waals surface area contributed by atoms with Crippen LogP contribution in [0.2, 0.25) is 0 Å². The van der Waals surface area contributed by atoms with Gasteiger partial charge in [0.15, 0.2) is 0 Å². The fraction of sp³-hybridized carbons (Fsp3) is 0.353. The summed E-state index contributed by atoms with van der Waals surface area (Å²) in [5.41, 5.74) is 4.83. The van der Waals surface area contributed by atoms with E-state index in [2.05, 4.69) is 22.4 Å². The molecule has 0 saturated carbocycles. The number of halogens is 1. The molecule has 2 aromatic rings. The van der Waals surface area contributed by atoms with Crippen molar-refractivity contribution in [2.75, 3.05) is 11.9 Å².